The average molecular weight is 403 g/mol. The summed E-state index contributed by atoms with van der Waals surface area (Å²) >= 11 is 0. The van der Waals surface area contributed by atoms with Crippen molar-refractivity contribution in [3.8, 4) is 23.1 Å². The molecule has 0 spiro atoms. The molecule has 0 bridgehead atoms. The van der Waals surface area contributed by atoms with E-state index in [1.54, 1.807) is 6.92 Å². The van der Waals surface area contributed by atoms with E-state index in [9.17, 15) is 4.39 Å². The highest BCUT2D eigenvalue weighted by molar-refractivity contribution is 5.52. The molecule has 30 heavy (non-hydrogen) atoms. The molecule has 0 saturated carbocycles. The minimum Gasteiger partial charge on any atom is -0.454 e. The summed E-state index contributed by atoms with van der Waals surface area (Å²) in [6.07, 6.45) is 1.45. The van der Waals surface area contributed by atoms with Gasteiger partial charge in [0, 0.05) is 17.7 Å². The summed E-state index contributed by atoms with van der Waals surface area (Å²) in [5, 5.41) is 3.68. The van der Waals surface area contributed by atoms with Crippen LogP contribution in [0.15, 0.2) is 65.3 Å². The Morgan fingerprint density at radius 1 is 0.900 bits per heavy atom. The average Bonchev–Trinajstić information content (AvgIpc) is 3.16. The van der Waals surface area contributed by atoms with Crippen LogP contribution >= 0.6 is 0 Å². The zero-order valence-electron chi connectivity index (χ0n) is 17.3. The van der Waals surface area contributed by atoms with E-state index in [4.69, 9.17) is 9.26 Å². The molecule has 0 radical (unpaired) electrons. The Kier molecular flexibility index (Phi) is 5.08. The SMILES string of the molecule is Cc1ccc(C(C)(C)c2ccc(Oc3ccnc(-c4nc(C)no4)c3F)cc2)cc1. The highest BCUT2D eigenvalue weighted by atomic mass is 19.1. The standard InChI is InChI=1S/C24H22FN3O2/c1-15-5-7-17(8-6-15)24(3,4)18-9-11-19(12-10-18)29-20-13-14-26-22(21(20)25)23-27-16(2)28-30-23/h5-14H,1-4H3. The van der Waals surface area contributed by atoms with Crippen LogP contribution in [0.5, 0.6) is 11.5 Å². The molecule has 0 amide bonds. The highest BCUT2D eigenvalue weighted by Crippen LogP contribution is 2.34. The number of halogens is 1. The maximum Gasteiger partial charge on any atom is 0.279 e. The van der Waals surface area contributed by atoms with Gasteiger partial charge in [-0.3, -0.25) is 0 Å². The van der Waals surface area contributed by atoms with Crippen LogP contribution in [0.25, 0.3) is 11.6 Å². The summed E-state index contributed by atoms with van der Waals surface area (Å²) in [5.74, 6) is 0.345. The predicted octanol–water partition coefficient (Wildman–Crippen LogP) is 6.01. The minimum absolute atomic E-state index is 0.0191. The van der Waals surface area contributed by atoms with Gasteiger partial charge in [-0.1, -0.05) is 61.0 Å². The Bertz CT molecular complexity index is 1170. The van der Waals surface area contributed by atoms with Crippen molar-refractivity contribution in [2.45, 2.75) is 33.1 Å². The minimum atomic E-state index is -0.648. The summed E-state index contributed by atoms with van der Waals surface area (Å²) in [7, 11) is 0. The molecular weight excluding hydrogens is 381 g/mol. The number of aromatic nitrogens is 3. The Labute approximate surface area is 174 Å². The number of hydrogen-bond acceptors (Lipinski definition) is 5. The van der Waals surface area contributed by atoms with Gasteiger partial charge in [-0.2, -0.15) is 4.98 Å². The number of ether oxygens (including phenoxy) is 1. The van der Waals surface area contributed by atoms with Gasteiger partial charge in [-0.05, 0) is 37.1 Å². The van der Waals surface area contributed by atoms with Crippen LogP contribution in [0.2, 0.25) is 0 Å². The van der Waals surface area contributed by atoms with Crippen LogP contribution in [0.1, 0.15) is 36.4 Å². The highest BCUT2D eigenvalue weighted by Gasteiger charge is 2.23. The summed E-state index contributed by atoms with van der Waals surface area (Å²) in [6.45, 7) is 8.08. The molecular formula is C24H22FN3O2. The molecule has 4 aromatic rings. The van der Waals surface area contributed by atoms with Gasteiger partial charge in [0.25, 0.3) is 5.89 Å². The second-order valence-electron chi connectivity index (χ2n) is 7.74. The van der Waals surface area contributed by atoms with Crippen molar-refractivity contribution >= 4 is 0 Å². The molecule has 0 N–H and O–H groups in total. The fraction of sp³-hybridized carbons (Fsp3) is 0.208. The monoisotopic (exact) mass is 403 g/mol. The van der Waals surface area contributed by atoms with Crippen molar-refractivity contribution in [2.24, 2.45) is 0 Å². The molecule has 4 rings (SSSR count). The molecule has 0 aliphatic carbocycles. The number of aryl methyl sites for hydroxylation is 2. The number of benzene rings is 2. The normalized spacial score (nSPS) is 11.5. The van der Waals surface area contributed by atoms with Gasteiger partial charge in [0.1, 0.15) is 5.75 Å². The van der Waals surface area contributed by atoms with Gasteiger partial charge in [-0.15, -0.1) is 0 Å². The molecule has 2 aromatic carbocycles. The van der Waals surface area contributed by atoms with Crippen LogP contribution < -0.4 is 4.74 Å². The van der Waals surface area contributed by atoms with E-state index >= 15 is 0 Å². The Morgan fingerprint density at radius 2 is 1.53 bits per heavy atom. The van der Waals surface area contributed by atoms with Crippen LogP contribution in [0.4, 0.5) is 4.39 Å². The second-order valence-corrected chi connectivity index (χ2v) is 7.74. The lowest BCUT2D eigenvalue weighted by Crippen LogP contribution is -2.18. The summed E-state index contributed by atoms with van der Waals surface area (Å²) in [4.78, 5) is 8.03. The summed E-state index contributed by atoms with van der Waals surface area (Å²) in [6, 6.07) is 17.6. The number of rotatable bonds is 5. The summed E-state index contributed by atoms with van der Waals surface area (Å²) < 4.78 is 25.6. The molecule has 152 valence electrons. The number of hydrogen-bond donors (Lipinski definition) is 0. The number of nitrogens with zero attached hydrogens (tertiary/aromatic N) is 3. The quantitative estimate of drug-likeness (QED) is 0.409. The summed E-state index contributed by atoms with van der Waals surface area (Å²) in [5.41, 5.74) is 3.38. The van der Waals surface area contributed by atoms with Gasteiger partial charge in [0.15, 0.2) is 23.1 Å². The van der Waals surface area contributed by atoms with Gasteiger partial charge in [0.2, 0.25) is 0 Å². The lowest BCUT2D eigenvalue weighted by molar-refractivity contribution is 0.414. The Morgan fingerprint density at radius 3 is 2.13 bits per heavy atom. The third-order valence-corrected chi connectivity index (χ3v) is 5.16. The maximum atomic E-state index is 14.9. The maximum absolute atomic E-state index is 14.9. The van der Waals surface area contributed by atoms with Crippen LogP contribution in [-0.2, 0) is 5.41 Å². The number of pyridine rings is 1. The first-order valence-electron chi connectivity index (χ1n) is 9.65. The predicted molar refractivity (Wildman–Crippen MR) is 112 cm³/mol. The van der Waals surface area contributed by atoms with Crippen LogP contribution in [0, 0.1) is 19.7 Å². The largest absolute Gasteiger partial charge is 0.454 e. The van der Waals surface area contributed by atoms with Crippen molar-refractivity contribution in [1.29, 1.82) is 0 Å². The Balaban J connectivity index is 1.58. The van der Waals surface area contributed by atoms with Crippen molar-refractivity contribution in [1.82, 2.24) is 15.1 Å². The molecule has 5 nitrogen and oxygen atoms in total. The lowest BCUT2D eigenvalue weighted by Gasteiger charge is -2.26. The topological polar surface area (TPSA) is 61.0 Å². The van der Waals surface area contributed by atoms with Gasteiger partial charge in [0.05, 0.1) is 0 Å². The first kappa shape index (κ1) is 19.8. The van der Waals surface area contributed by atoms with Crippen LogP contribution in [0.3, 0.4) is 0 Å². The molecule has 2 aromatic heterocycles. The fourth-order valence-electron chi connectivity index (χ4n) is 3.25. The Hall–Kier alpha value is -3.54. The molecule has 0 aliphatic rings. The molecule has 0 aliphatic heterocycles. The van der Waals surface area contributed by atoms with E-state index in [0.29, 0.717) is 11.6 Å². The van der Waals surface area contributed by atoms with Gasteiger partial charge >= 0.3 is 0 Å². The third-order valence-electron chi connectivity index (χ3n) is 5.16. The van der Waals surface area contributed by atoms with E-state index in [0.717, 1.165) is 5.56 Å². The fourth-order valence-corrected chi connectivity index (χ4v) is 3.25. The van der Waals surface area contributed by atoms with Crippen molar-refractivity contribution in [3.05, 3.63) is 89.1 Å². The van der Waals surface area contributed by atoms with Crippen LogP contribution in [-0.4, -0.2) is 15.1 Å². The van der Waals surface area contributed by atoms with Crippen molar-refractivity contribution < 1.29 is 13.7 Å². The van der Waals surface area contributed by atoms with E-state index in [1.165, 1.54) is 23.4 Å². The molecule has 0 unspecified atom stereocenters. The first-order chi connectivity index (χ1) is 14.3. The third kappa shape index (κ3) is 3.81. The zero-order chi connectivity index (χ0) is 21.3. The zero-order valence-corrected chi connectivity index (χ0v) is 17.3. The van der Waals surface area contributed by atoms with E-state index in [1.807, 2.05) is 24.3 Å². The molecule has 0 saturated heterocycles. The smallest absolute Gasteiger partial charge is 0.279 e. The molecule has 0 atom stereocenters. The molecule has 2 heterocycles. The lowest BCUT2D eigenvalue weighted by atomic mass is 9.78. The van der Waals surface area contributed by atoms with E-state index in [2.05, 4.69) is 60.2 Å². The van der Waals surface area contributed by atoms with Crippen molar-refractivity contribution in [2.75, 3.05) is 0 Å². The molecule has 6 heteroatoms. The van der Waals surface area contributed by atoms with Crippen molar-refractivity contribution in [3.63, 3.8) is 0 Å². The van der Waals surface area contributed by atoms with Gasteiger partial charge < -0.3 is 9.26 Å². The van der Waals surface area contributed by atoms with E-state index < -0.39 is 5.82 Å². The second kappa shape index (κ2) is 7.71. The first-order valence-corrected chi connectivity index (χ1v) is 9.65. The van der Waals surface area contributed by atoms with Gasteiger partial charge in [-0.25, -0.2) is 9.37 Å². The molecule has 0 fully saturated rings. The van der Waals surface area contributed by atoms with E-state index in [-0.39, 0.29) is 22.7 Å².